The zero-order valence-corrected chi connectivity index (χ0v) is 15.1. The molecule has 0 amide bonds. The molecule has 1 aromatic carbocycles. The van der Waals surface area contributed by atoms with Gasteiger partial charge in [-0.15, -0.1) is 37.2 Å². The van der Waals surface area contributed by atoms with E-state index >= 15 is 0 Å². The lowest BCUT2D eigenvalue weighted by Crippen LogP contribution is -2.28. The SMILES string of the molecule is Cl.Cl.Cl.c1ccc(Nc2cncc(OC[C@@H]3CCCN3)c2)cc1. The van der Waals surface area contributed by atoms with E-state index in [9.17, 15) is 0 Å². The Morgan fingerprint density at radius 1 is 1.09 bits per heavy atom. The predicted molar refractivity (Wildman–Crippen MR) is 102 cm³/mol. The van der Waals surface area contributed by atoms with Gasteiger partial charge in [0.2, 0.25) is 0 Å². The highest BCUT2D eigenvalue weighted by Crippen LogP contribution is 2.20. The molecule has 0 unspecified atom stereocenters. The molecule has 3 rings (SSSR count). The third-order valence-corrected chi connectivity index (χ3v) is 3.39. The number of benzene rings is 1. The van der Waals surface area contributed by atoms with Crippen molar-refractivity contribution in [3.05, 3.63) is 48.8 Å². The summed E-state index contributed by atoms with van der Waals surface area (Å²) in [5.74, 6) is 0.805. The number of hydrogen-bond donors (Lipinski definition) is 2. The molecule has 4 nitrogen and oxygen atoms in total. The number of pyridine rings is 1. The fraction of sp³-hybridized carbons (Fsp3) is 0.312. The Morgan fingerprint density at radius 2 is 1.87 bits per heavy atom. The third kappa shape index (κ3) is 6.83. The second kappa shape index (κ2) is 11.4. The number of nitrogens with one attached hydrogen (secondary N) is 2. The van der Waals surface area contributed by atoms with Crippen LogP contribution in [0, 0.1) is 0 Å². The minimum absolute atomic E-state index is 0. The number of para-hydroxylation sites is 1. The van der Waals surface area contributed by atoms with E-state index in [2.05, 4.69) is 15.6 Å². The van der Waals surface area contributed by atoms with Gasteiger partial charge < -0.3 is 15.4 Å². The molecule has 7 heteroatoms. The minimum atomic E-state index is 0. The Bertz CT molecular complexity index is 551. The number of halogens is 3. The van der Waals surface area contributed by atoms with Crippen LogP contribution in [-0.4, -0.2) is 24.2 Å². The fourth-order valence-electron chi connectivity index (χ4n) is 2.35. The molecule has 2 heterocycles. The van der Waals surface area contributed by atoms with Gasteiger partial charge in [-0.2, -0.15) is 0 Å². The first-order chi connectivity index (χ1) is 9.90. The Hall–Kier alpha value is -1.20. The van der Waals surface area contributed by atoms with Crippen molar-refractivity contribution in [3.63, 3.8) is 0 Å². The topological polar surface area (TPSA) is 46.2 Å². The van der Waals surface area contributed by atoms with Gasteiger partial charge in [0.15, 0.2) is 0 Å². The molecule has 128 valence electrons. The summed E-state index contributed by atoms with van der Waals surface area (Å²) in [6, 6.07) is 12.5. The first-order valence-electron chi connectivity index (χ1n) is 7.03. The summed E-state index contributed by atoms with van der Waals surface area (Å²) in [6.07, 6.45) is 5.98. The van der Waals surface area contributed by atoms with Gasteiger partial charge in [0.1, 0.15) is 12.4 Å². The maximum Gasteiger partial charge on any atom is 0.139 e. The van der Waals surface area contributed by atoms with Crippen LogP contribution >= 0.6 is 37.2 Å². The van der Waals surface area contributed by atoms with Gasteiger partial charge >= 0.3 is 0 Å². The highest BCUT2D eigenvalue weighted by Gasteiger charge is 2.14. The average molecular weight is 379 g/mol. The number of hydrogen-bond acceptors (Lipinski definition) is 4. The van der Waals surface area contributed by atoms with Gasteiger partial charge in [-0.1, -0.05) is 18.2 Å². The zero-order chi connectivity index (χ0) is 13.6. The Morgan fingerprint density at radius 3 is 2.57 bits per heavy atom. The van der Waals surface area contributed by atoms with Crippen molar-refractivity contribution in [1.82, 2.24) is 10.3 Å². The quantitative estimate of drug-likeness (QED) is 0.817. The van der Waals surface area contributed by atoms with Crippen LogP contribution in [0.2, 0.25) is 0 Å². The number of aromatic nitrogens is 1. The normalized spacial score (nSPS) is 15.6. The van der Waals surface area contributed by atoms with E-state index in [0.717, 1.165) is 23.7 Å². The molecule has 2 aromatic rings. The van der Waals surface area contributed by atoms with E-state index < -0.39 is 0 Å². The van der Waals surface area contributed by atoms with Crippen molar-refractivity contribution in [2.75, 3.05) is 18.5 Å². The summed E-state index contributed by atoms with van der Waals surface area (Å²) < 4.78 is 5.80. The van der Waals surface area contributed by atoms with Gasteiger partial charge in [0.05, 0.1) is 18.1 Å². The molecule has 0 bridgehead atoms. The highest BCUT2D eigenvalue weighted by molar-refractivity contribution is 5.86. The standard InChI is InChI=1S/C16H19N3O.3ClH/c1-2-5-13(6-3-1)19-15-9-16(11-17-10-15)20-12-14-7-4-8-18-14;;;/h1-3,5-6,9-11,14,18-19H,4,7-8,12H2;3*1H/t14-;;;/m0.../s1. The van der Waals surface area contributed by atoms with E-state index in [0.29, 0.717) is 12.6 Å². The Labute approximate surface area is 155 Å². The molecular weight excluding hydrogens is 357 g/mol. The van der Waals surface area contributed by atoms with Crippen LogP contribution in [0.25, 0.3) is 0 Å². The van der Waals surface area contributed by atoms with Crippen molar-refractivity contribution >= 4 is 48.6 Å². The van der Waals surface area contributed by atoms with Crippen LogP contribution in [0.4, 0.5) is 11.4 Å². The largest absolute Gasteiger partial charge is 0.490 e. The van der Waals surface area contributed by atoms with Crippen LogP contribution < -0.4 is 15.4 Å². The van der Waals surface area contributed by atoms with Crippen molar-refractivity contribution in [2.24, 2.45) is 0 Å². The molecule has 1 fully saturated rings. The van der Waals surface area contributed by atoms with Gasteiger partial charge in [0.25, 0.3) is 0 Å². The molecule has 1 aliphatic heterocycles. The van der Waals surface area contributed by atoms with Gasteiger partial charge in [0, 0.05) is 17.8 Å². The predicted octanol–water partition coefficient (Wildman–Crippen LogP) is 4.22. The van der Waals surface area contributed by atoms with Crippen molar-refractivity contribution in [1.29, 1.82) is 0 Å². The van der Waals surface area contributed by atoms with Crippen molar-refractivity contribution in [2.45, 2.75) is 18.9 Å². The van der Waals surface area contributed by atoms with Crippen LogP contribution in [0.15, 0.2) is 48.8 Å². The molecule has 1 saturated heterocycles. The lowest BCUT2D eigenvalue weighted by molar-refractivity contribution is 0.276. The summed E-state index contributed by atoms with van der Waals surface area (Å²) >= 11 is 0. The number of rotatable bonds is 5. The van der Waals surface area contributed by atoms with Gasteiger partial charge in [-0.3, -0.25) is 4.98 Å². The second-order valence-electron chi connectivity index (χ2n) is 5.00. The smallest absolute Gasteiger partial charge is 0.139 e. The number of ether oxygens (including phenoxy) is 1. The summed E-state index contributed by atoms with van der Waals surface area (Å²) in [5.41, 5.74) is 1.98. The lowest BCUT2D eigenvalue weighted by atomic mass is 10.2. The lowest BCUT2D eigenvalue weighted by Gasteiger charge is -2.13. The average Bonchev–Trinajstić information content (AvgIpc) is 3.00. The second-order valence-corrected chi connectivity index (χ2v) is 5.00. The van der Waals surface area contributed by atoms with Gasteiger partial charge in [-0.05, 0) is 31.5 Å². The fourth-order valence-corrected chi connectivity index (χ4v) is 2.35. The Kier molecular flexibility index (Phi) is 10.8. The number of nitrogens with zero attached hydrogens (tertiary/aromatic N) is 1. The first kappa shape index (κ1) is 21.8. The monoisotopic (exact) mass is 377 g/mol. The molecule has 0 spiro atoms. The van der Waals surface area contributed by atoms with E-state index in [4.69, 9.17) is 4.74 Å². The van der Waals surface area contributed by atoms with Crippen molar-refractivity contribution < 1.29 is 4.74 Å². The van der Waals surface area contributed by atoms with Gasteiger partial charge in [-0.25, -0.2) is 0 Å². The molecule has 1 aliphatic rings. The zero-order valence-electron chi connectivity index (χ0n) is 12.6. The van der Waals surface area contributed by atoms with E-state index in [-0.39, 0.29) is 37.2 Å². The molecule has 0 saturated carbocycles. The van der Waals surface area contributed by atoms with E-state index in [1.807, 2.05) is 36.4 Å². The number of anilines is 2. The summed E-state index contributed by atoms with van der Waals surface area (Å²) in [5, 5.41) is 6.73. The highest BCUT2D eigenvalue weighted by atomic mass is 35.5. The third-order valence-electron chi connectivity index (χ3n) is 3.39. The summed E-state index contributed by atoms with van der Waals surface area (Å²) in [6.45, 7) is 1.80. The molecule has 0 aliphatic carbocycles. The summed E-state index contributed by atoms with van der Waals surface area (Å²) in [4.78, 5) is 4.22. The van der Waals surface area contributed by atoms with Crippen LogP contribution in [0.3, 0.4) is 0 Å². The van der Waals surface area contributed by atoms with Crippen LogP contribution in [0.1, 0.15) is 12.8 Å². The summed E-state index contributed by atoms with van der Waals surface area (Å²) in [7, 11) is 0. The van der Waals surface area contributed by atoms with E-state index in [1.165, 1.54) is 12.8 Å². The maximum atomic E-state index is 5.80. The van der Waals surface area contributed by atoms with Crippen molar-refractivity contribution in [3.8, 4) is 5.75 Å². The molecular formula is C16H22Cl3N3O. The molecule has 0 radical (unpaired) electrons. The molecule has 1 aromatic heterocycles. The van der Waals surface area contributed by atoms with E-state index in [1.54, 1.807) is 12.4 Å². The minimum Gasteiger partial charge on any atom is -0.490 e. The van der Waals surface area contributed by atoms with Crippen LogP contribution in [0.5, 0.6) is 5.75 Å². The first-order valence-corrected chi connectivity index (χ1v) is 7.03. The Balaban J connectivity index is 0.00000161. The molecule has 2 N–H and O–H groups in total. The molecule has 23 heavy (non-hydrogen) atoms. The van der Waals surface area contributed by atoms with Crippen LogP contribution in [-0.2, 0) is 0 Å². The maximum absolute atomic E-state index is 5.80. The molecule has 1 atom stereocenters.